The summed E-state index contributed by atoms with van der Waals surface area (Å²) in [6.45, 7) is 4.56. The van der Waals surface area contributed by atoms with Crippen LogP contribution in [0.25, 0.3) is 22.1 Å². The van der Waals surface area contributed by atoms with Crippen molar-refractivity contribution in [3.63, 3.8) is 0 Å². The van der Waals surface area contributed by atoms with Gasteiger partial charge in [0, 0.05) is 24.5 Å². The van der Waals surface area contributed by atoms with Gasteiger partial charge in [-0.2, -0.15) is 0 Å². The van der Waals surface area contributed by atoms with Crippen molar-refractivity contribution in [2.75, 3.05) is 26.3 Å². The second-order valence-corrected chi connectivity index (χ2v) is 10.7. The number of carbonyl (C=O) groups excluding carboxylic acids is 1. The van der Waals surface area contributed by atoms with Crippen LogP contribution in [0.15, 0.2) is 83.6 Å². The van der Waals surface area contributed by atoms with E-state index in [1.54, 1.807) is 17.4 Å². The molecule has 0 amide bonds. The number of ether oxygens (including phenoxy) is 2. The van der Waals surface area contributed by atoms with Crippen LogP contribution >= 0.6 is 22.7 Å². The number of aromatic nitrogens is 4. The van der Waals surface area contributed by atoms with Gasteiger partial charge in [-0.3, -0.25) is 4.79 Å². The third-order valence-electron chi connectivity index (χ3n) is 5.58. The van der Waals surface area contributed by atoms with Crippen molar-refractivity contribution >= 4 is 51.0 Å². The fourth-order valence-corrected chi connectivity index (χ4v) is 4.90. The number of nitrogens with one attached hydrogen (secondary N) is 3. The summed E-state index contributed by atoms with van der Waals surface area (Å²) in [7, 11) is 0. The fourth-order valence-electron chi connectivity index (χ4n) is 3.70. The van der Waals surface area contributed by atoms with E-state index in [1.165, 1.54) is 16.2 Å². The Morgan fingerprint density at radius 2 is 1.35 bits per heavy atom. The van der Waals surface area contributed by atoms with Gasteiger partial charge in [0.05, 0.1) is 40.2 Å². The molecule has 6 rings (SSSR count). The molecule has 0 aliphatic heterocycles. The van der Waals surface area contributed by atoms with Crippen LogP contribution in [0.4, 0.5) is 0 Å². The molecule has 4 heterocycles. The Bertz CT molecular complexity index is 1480. The Balaban J connectivity index is 0.000000245. The van der Waals surface area contributed by atoms with Crippen molar-refractivity contribution < 1.29 is 14.3 Å². The van der Waals surface area contributed by atoms with Crippen molar-refractivity contribution in [2.24, 2.45) is 5.73 Å². The van der Waals surface area contributed by atoms with Crippen molar-refractivity contribution in [3.05, 3.63) is 105 Å². The second kappa shape index (κ2) is 20.2. The monoisotopic (exact) mass is 622 g/mol. The molecule has 11 heteroatoms. The number of fused-ring (bicyclic) bond motifs is 2. The number of aldehydes is 1. The van der Waals surface area contributed by atoms with Crippen LogP contribution in [0, 0.1) is 0 Å². The Kier molecular flexibility index (Phi) is 16.7. The molecule has 0 aliphatic carbocycles. The number of H-pyrrole nitrogens is 2. The molecule has 0 spiro atoms. The maximum Gasteiger partial charge on any atom is 0.159 e. The summed E-state index contributed by atoms with van der Waals surface area (Å²) < 4.78 is 10.9. The van der Waals surface area contributed by atoms with E-state index in [0.29, 0.717) is 33.0 Å². The minimum Gasteiger partial charge on any atom is -0.372 e. The van der Waals surface area contributed by atoms with Gasteiger partial charge in [-0.25, -0.2) is 9.97 Å². The molecule has 5 N–H and O–H groups in total. The molecule has 0 radical (unpaired) electrons. The SMILES string of the molecule is C.C.NCCOCc1nc2ccccc2[nH]1.O=Cc1cccs1.c1csc(CNCCOCc2nc3ccccc3[nH]2)c1. The number of nitrogens with two attached hydrogens (primary N) is 1. The second-order valence-electron chi connectivity index (χ2n) is 8.68. The van der Waals surface area contributed by atoms with E-state index in [2.05, 4.69) is 42.8 Å². The summed E-state index contributed by atoms with van der Waals surface area (Å²) in [5.74, 6) is 1.73. The number of imidazole rings is 2. The molecule has 9 nitrogen and oxygen atoms in total. The summed E-state index contributed by atoms with van der Waals surface area (Å²) in [6.07, 6.45) is 0.852. The molecular formula is C32H42N6O3S2. The number of thiophene rings is 2. The molecule has 4 aromatic heterocycles. The molecule has 0 aliphatic rings. The first kappa shape index (κ1) is 35.5. The smallest absolute Gasteiger partial charge is 0.159 e. The summed E-state index contributed by atoms with van der Waals surface area (Å²) in [6, 6.07) is 23.8. The summed E-state index contributed by atoms with van der Waals surface area (Å²) in [5, 5.41) is 7.33. The highest BCUT2D eigenvalue weighted by Crippen LogP contribution is 2.12. The minimum absolute atomic E-state index is 0. The zero-order valence-corrected chi connectivity index (χ0v) is 24.3. The van der Waals surface area contributed by atoms with Gasteiger partial charge in [0.25, 0.3) is 0 Å². The maximum atomic E-state index is 9.88. The zero-order chi connectivity index (χ0) is 28.5. The van der Waals surface area contributed by atoms with Crippen LogP contribution in [0.1, 0.15) is 41.1 Å². The number of para-hydroxylation sites is 4. The number of aromatic amines is 2. The first-order chi connectivity index (χ1) is 20.2. The summed E-state index contributed by atoms with van der Waals surface area (Å²) in [4.78, 5) is 27.3. The van der Waals surface area contributed by atoms with E-state index in [1.807, 2.05) is 60.0 Å². The van der Waals surface area contributed by atoms with E-state index in [0.717, 1.165) is 58.0 Å². The highest BCUT2D eigenvalue weighted by atomic mass is 32.1. The largest absolute Gasteiger partial charge is 0.372 e. The molecule has 43 heavy (non-hydrogen) atoms. The molecule has 2 aromatic carbocycles. The van der Waals surface area contributed by atoms with Gasteiger partial charge in [-0.05, 0) is 47.2 Å². The summed E-state index contributed by atoms with van der Waals surface area (Å²) in [5.41, 5.74) is 9.37. The molecule has 6 aromatic rings. The van der Waals surface area contributed by atoms with Crippen LogP contribution in [-0.4, -0.2) is 52.5 Å². The molecule has 0 saturated heterocycles. The first-order valence-electron chi connectivity index (χ1n) is 13.2. The molecule has 0 unspecified atom stereocenters. The third-order valence-corrected chi connectivity index (χ3v) is 7.25. The van der Waals surface area contributed by atoms with Crippen LogP contribution < -0.4 is 11.1 Å². The van der Waals surface area contributed by atoms with E-state index in [4.69, 9.17) is 15.2 Å². The van der Waals surface area contributed by atoms with E-state index < -0.39 is 0 Å². The lowest BCUT2D eigenvalue weighted by atomic mass is 10.3. The number of hydrogen-bond acceptors (Lipinski definition) is 9. The van der Waals surface area contributed by atoms with E-state index in [-0.39, 0.29) is 14.9 Å². The normalized spacial score (nSPS) is 10.2. The topological polar surface area (TPSA) is 131 Å². The number of carbonyl (C=O) groups is 1. The van der Waals surface area contributed by atoms with Crippen molar-refractivity contribution in [3.8, 4) is 0 Å². The molecule has 230 valence electrons. The fraction of sp³-hybridized carbons (Fsp3) is 0.281. The number of rotatable bonds is 12. The number of nitrogens with zero attached hydrogens (tertiary/aromatic N) is 2. The van der Waals surface area contributed by atoms with E-state index in [9.17, 15) is 4.79 Å². The van der Waals surface area contributed by atoms with Gasteiger partial charge in [0.2, 0.25) is 0 Å². The highest BCUT2D eigenvalue weighted by molar-refractivity contribution is 7.11. The van der Waals surface area contributed by atoms with Gasteiger partial charge >= 0.3 is 0 Å². The van der Waals surface area contributed by atoms with E-state index >= 15 is 0 Å². The Labute approximate surface area is 261 Å². The van der Waals surface area contributed by atoms with Crippen LogP contribution in [-0.2, 0) is 29.2 Å². The lowest BCUT2D eigenvalue weighted by Gasteiger charge is -2.03. The Morgan fingerprint density at radius 3 is 1.84 bits per heavy atom. The van der Waals surface area contributed by atoms with Gasteiger partial charge in [-0.15, -0.1) is 22.7 Å². The van der Waals surface area contributed by atoms with Gasteiger partial charge in [-0.1, -0.05) is 51.3 Å². The van der Waals surface area contributed by atoms with Crippen LogP contribution in [0.2, 0.25) is 0 Å². The minimum atomic E-state index is 0. The average Bonchev–Trinajstić information content (AvgIpc) is 3.82. The van der Waals surface area contributed by atoms with Gasteiger partial charge in [0.15, 0.2) is 6.29 Å². The summed E-state index contributed by atoms with van der Waals surface area (Å²) >= 11 is 3.22. The van der Waals surface area contributed by atoms with Crippen molar-refractivity contribution in [2.45, 2.75) is 34.6 Å². The maximum absolute atomic E-state index is 9.88. The van der Waals surface area contributed by atoms with Crippen molar-refractivity contribution in [1.29, 1.82) is 0 Å². The zero-order valence-electron chi connectivity index (χ0n) is 22.6. The Hall–Kier alpha value is -3.71. The molecule has 0 bridgehead atoms. The first-order valence-corrected chi connectivity index (χ1v) is 15.0. The van der Waals surface area contributed by atoms with Gasteiger partial charge in [0.1, 0.15) is 24.9 Å². The number of hydrogen-bond donors (Lipinski definition) is 4. The predicted octanol–water partition coefficient (Wildman–Crippen LogP) is 6.80. The standard InChI is InChI=1S/C15H17N3OS.C10H13N3O.C5H4OS.2CH4/c1-2-6-14-13(5-1)17-15(18-14)11-19-8-7-16-10-12-4-3-9-20-12;11-5-6-14-7-10-12-8-3-1-2-4-9(8)13-10;6-4-5-2-1-3-7-5;;/h1-6,9,16H,7-8,10-11H2,(H,17,18);1-4H,5-7,11H2,(H,12,13);1-4H;2*1H4. The van der Waals surface area contributed by atoms with Crippen molar-refractivity contribution in [1.82, 2.24) is 25.3 Å². The van der Waals surface area contributed by atoms with Gasteiger partial charge < -0.3 is 30.5 Å². The van der Waals surface area contributed by atoms with Crippen LogP contribution in [0.3, 0.4) is 0 Å². The average molecular weight is 623 g/mol. The molecule has 0 atom stereocenters. The Morgan fingerprint density at radius 1 is 0.767 bits per heavy atom. The predicted molar refractivity (Wildman–Crippen MR) is 180 cm³/mol. The molecule has 0 fully saturated rings. The lowest BCUT2D eigenvalue weighted by Crippen LogP contribution is -2.18. The molecule has 0 saturated carbocycles. The quantitative estimate of drug-likeness (QED) is 0.0872. The highest BCUT2D eigenvalue weighted by Gasteiger charge is 2.02. The number of benzene rings is 2. The van der Waals surface area contributed by atoms with Crippen LogP contribution in [0.5, 0.6) is 0 Å². The molecular weight excluding hydrogens is 581 g/mol. The third kappa shape index (κ3) is 12.2. The lowest BCUT2D eigenvalue weighted by molar-refractivity contribution is 0.112.